The van der Waals surface area contributed by atoms with E-state index in [0.29, 0.717) is 5.69 Å². The van der Waals surface area contributed by atoms with Crippen molar-refractivity contribution in [2.75, 3.05) is 0 Å². The molecule has 0 bridgehead atoms. The molecule has 0 atom stereocenters. The Labute approximate surface area is 94.1 Å². The van der Waals surface area contributed by atoms with Crippen LogP contribution in [0.5, 0.6) is 0 Å². The van der Waals surface area contributed by atoms with E-state index in [9.17, 15) is 4.79 Å². The molecule has 0 saturated heterocycles. The van der Waals surface area contributed by atoms with Crippen molar-refractivity contribution in [3.63, 3.8) is 0 Å². The number of benzene rings is 1. The molecule has 0 saturated carbocycles. The van der Waals surface area contributed by atoms with Gasteiger partial charge in [0.25, 0.3) is 0 Å². The Hall–Kier alpha value is -1.18. The Bertz CT molecular complexity index is 404. The van der Waals surface area contributed by atoms with Gasteiger partial charge in [-0.2, -0.15) is 0 Å². The van der Waals surface area contributed by atoms with Crippen molar-refractivity contribution in [3.8, 4) is 0 Å². The highest BCUT2D eigenvalue weighted by Gasteiger charge is 2.13. The number of hydrogen-bond donors (Lipinski definition) is 2. The predicted octanol–water partition coefficient (Wildman–Crippen LogP) is 2.26. The first-order chi connectivity index (χ1) is 6.56. The highest BCUT2D eigenvalue weighted by atomic mass is 127. The van der Waals surface area contributed by atoms with Crippen LogP contribution in [0.15, 0.2) is 22.5 Å². The Balaban J connectivity index is 3.44. The fourth-order valence-corrected chi connectivity index (χ4v) is 1.87. The van der Waals surface area contributed by atoms with Crippen LogP contribution in [-0.2, 0) is 0 Å². The maximum atomic E-state index is 10.9. The van der Waals surface area contributed by atoms with Crippen LogP contribution in [-0.4, -0.2) is 11.1 Å². The topological polar surface area (TPSA) is 88.0 Å². The van der Waals surface area contributed by atoms with E-state index in [4.69, 9.17) is 10.9 Å². The van der Waals surface area contributed by atoms with Crippen molar-refractivity contribution in [2.45, 2.75) is 6.92 Å². The molecule has 1 rings (SSSR count). The van der Waals surface area contributed by atoms with Gasteiger partial charge >= 0.3 is 5.97 Å². The third kappa shape index (κ3) is 2.19. The van der Waals surface area contributed by atoms with Gasteiger partial charge in [-0.05, 0) is 47.2 Å². The minimum absolute atomic E-state index is 0.114. The molecule has 0 unspecified atom stereocenters. The van der Waals surface area contributed by atoms with E-state index in [1.54, 1.807) is 6.92 Å². The standard InChI is InChI=1S/C8H8IN3O2/c1-4-2-5(9)3-6(8(13)14)7(4)11-12-10/h2-3H,1H3,(H2,10,11)(H,13,14). The number of rotatable bonds is 2. The number of carboxylic acid groups (broad SMARTS) is 1. The Morgan fingerprint density at radius 3 is 2.71 bits per heavy atom. The molecule has 3 N–H and O–H groups in total. The van der Waals surface area contributed by atoms with Gasteiger partial charge in [-0.15, -0.1) is 5.11 Å². The molecule has 0 fully saturated rings. The number of aryl methyl sites for hydroxylation is 1. The zero-order valence-corrected chi connectivity index (χ0v) is 9.52. The van der Waals surface area contributed by atoms with Crippen molar-refractivity contribution in [1.29, 1.82) is 0 Å². The molecule has 74 valence electrons. The second-order valence-corrected chi connectivity index (χ2v) is 3.89. The summed E-state index contributed by atoms with van der Waals surface area (Å²) in [5.74, 6) is 3.87. The van der Waals surface area contributed by atoms with Crippen LogP contribution in [0.2, 0.25) is 0 Å². The fraction of sp³-hybridized carbons (Fsp3) is 0.125. The number of hydrogen-bond acceptors (Lipinski definition) is 3. The average molecular weight is 305 g/mol. The maximum absolute atomic E-state index is 10.9. The predicted molar refractivity (Wildman–Crippen MR) is 59.6 cm³/mol. The molecular formula is C8H8IN3O2. The molecule has 1 aromatic rings. The molecule has 1 aromatic carbocycles. The fourth-order valence-electron chi connectivity index (χ4n) is 1.09. The number of nitrogens with zero attached hydrogens (tertiary/aromatic N) is 2. The molecular weight excluding hydrogens is 297 g/mol. The first kappa shape index (κ1) is 10.9. The van der Waals surface area contributed by atoms with Crippen molar-refractivity contribution in [2.24, 2.45) is 16.2 Å². The van der Waals surface area contributed by atoms with E-state index in [1.165, 1.54) is 6.07 Å². The molecule has 6 heteroatoms. The van der Waals surface area contributed by atoms with E-state index < -0.39 is 5.97 Å². The van der Waals surface area contributed by atoms with Gasteiger partial charge in [-0.25, -0.2) is 4.79 Å². The van der Waals surface area contributed by atoms with E-state index in [-0.39, 0.29) is 5.56 Å². The normalized spacial score (nSPS) is 10.7. The quantitative estimate of drug-likeness (QED) is 0.380. The molecule has 0 aromatic heterocycles. The molecule has 0 heterocycles. The number of nitrogens with two attached hydrogens (primary N) is 1. The highest BCUT2D eigenvalue weighted by Crippen LogP contribution is 2.26. The summed E-state index contributed by atoms with van der Waals surface area (Å²) >= 11 is 2.04. The molecule has 0 aliphatic rings. The van der Waals surface area contributed by atoms with Crippen LogP contribution in [0.4, 0.5) is 5.69 Å². The third-order valence-electron chi connectivity index (χ3n) is 1.65. The Morgan fingerprint density at radius 1 is 1.57 bits per heavy atom. The first-order valence-corrected chi connectivity index (χ1v) is 4.78. The second kappa shape index (κ2) is 4.36. The largest absolute Gasteiger partial charge is 0.478 e. The summed E-state index contributed by atoms with van der Waals surface area (Å²) < 4.78 is 0.841. The zero-order valence-electron chi connectivity index (χ0n) is 7.36. The average Bonchev–Trinajstić information content (AvgIpc) is 2.09. The molecule has 0 radical (unpaired) electrons. The molecule has 0 aliphatic heterocycles. The lowest BCUT2D eigenvalue weighted by Crippen LogP contribution is -1.99. The van der Waals surface area contributed by atoms with Gasteiger partial charge in [-0.3, -0.25) is 0 Å². The SMILES string of the molecule is Cc1cc(I)cc(C(=O)O)c1N=NN. The minimum Gasteiger partial charge on any atom is -0.478 e. The smallest absolute Gasteiger partial charge is 0.338 e. The Kier molecular flexibility index (Phi) is 3.39. The summed E-state index contributed by atoms with van der Waals surface area (Å²) in [6.45, 7) is 1.76. The van der Waals surface area contributed by atoms with E-state index >= 15 is 0 Å². The van der Waals surface area contributed by atoms with E-state index in [2.05, 4.69) is 10.3 Å². The minimum atomic E-state index is -1.03. The lowest BCUT2D eigenvalue weighted by molar-refractivity contribution is 0.0697. The summed E-state index contributed by atoms with van der Waals surface area (Å²) in [6, 6.07) is 3.34. The van der Waals surface area contributed by atoms with Crippen LogP contribution in [0, 0.1) is 10.5 Å². The lowest BCUT2D eigenvalue weighted by Gasteiger charge is -2.04. The van der Waals surface area contributed by atoms with Crippen molar-refractivity contribution in [3.05, 3.63) is 26.8 Å². The molecule has 5 nitrogen and oxygen atoms in total. The van der Waals surface area contributed by atoms with Crippen LogP contribution in [0.25, 0.3) is 0 Å². The van der Waals surface area contributed by atoms with Crippen molar-refractivity contribution >= 4 is 34.2 Å². The van der Waals surface area contributed by atoms with Crippen LogP contribution < -0.4 is 5.84 Å². The summed E-state index contributed by atoms with van der Waals surface area (Å²) in [4.78, 5) is 10.9. The van der Waals surface area contributed by atoms with Gasteiger partial charge in [0.1, 0.15) is 5.69 Å². The molecule has 0 spiro atoms. The second-order valence-electron chi connectivity index (χ2n) is 2.64. The molecule has 14 heavy (non-hydrogen) atoms. The summed E-state index contributed by atoms with van der Waals surface area (Å²) in [5.41, 5.74) is 1.16. The number of aromatic carboxylic acids is 1. The van der Waals surface area contributed by atoms with Crippen molar-refractivity contribution in [1.82, 2.24) is 0 Å². The molecule has 0 amide bonds. The third-order valence-corrected chi connectivity index (χ3v) is 2.28. The van der Waals surface area contributed by atoms with E-state index in [1.807, 2.05) is 28.7 Å². The number of halogens is 1. The van der Waals surface area contributed by atoms with Gasteiger partial charge in [-0.1, -0.05) is 5.22 Å². The Morgan fingerprint density at radius 2 is 2.21 bits per heavy atom. The van der Waals surface area contributed by atoms with Gasteiger partial charge < -0.3 is 10.9 Å². The number of carboxylic acids is 1. The van der Waals surface area contributed by atoms with Gasteiger partial charge in [0.15, 0.2) is 0 Å². The van der Waals surface area contributed by atoms with Gasteiger partial charge in [0, 0.05) is 3.57 Å². The highest BCUT2D eigenvalue weighted by molar-refractivity contribution is 14.1. The van der Waals surface area contributed by atoms with Gasteiger partial charge in [0.2, 0.25) is 0 Å². The monoisotopic (exact) mass is 305 g/mol. The van der Waals surface area contributed by atoms with Crippen LogP contribution in [0.1, 0.15) is 15.9 Å². The van der Waals surface area contributed by atoms with Crippen LogP contribution >= 0.6 is 22.6 Å². The molecule has 0 aliphatic carbocycles. The van der Waals surface area contributed by atoms with Gasteiger partial charge in [0.05, 0.1) is 5.56 Å². The lowest BCUT2D eigenvalue weighted by atomic mass is 10.1. The van der Waals surface area contributed by atoms with E-state index in [0.717, 1.165) is 9.13 Å². The summed E-state index contributed by atoms with van der Waals surface area (Å²) in [5, 5.41) is 15.6. The summed E-state index contributed by atoms with van der Waals surface area (Å²) in [7, 11) is 0. The zero-order chi connectivity index (χ0) is 10.7. The summed E-state index contributed by atoms with van der Waals surface area (Å²) in [6.07, 6.45) is 0. The number of carbonyl (C=O) groups is 1. The van der Waals surface area contributed by atoms with Crippen LogP contribution in [0.3, 0.4) is 0 Å². The van der Waals surface area contributed by atoms with Crippen molar-refractivity contribution < 1.29 is 9.90 Å². The maximum Gasteiger partial charge on any atom is 0.338 e. The first-order valence-electron chi connectivity index (χ1n) is 3.70.